The summed E-state index contributed by atoms with van der Waals surface area (Å²) >= 11 is 0. The van der Waals surface area contributed by atoms with E-state index in [0.717, 1.165) is 18.6 Å². The second kappa shape index (κ2) is 5.10. The van der Waals surface area contributed by atoms with Gasteiger partial charge in [0.25, 0.3) is 0 Å². The van der Waals surface area contributed by atoms with Crippen LogP contribution >= 0.6 is 0 Å². The molecule has 1 aliphatic carbocycles. The first-order valence-corrected chi connectivity index (χ1v) is 7.75. The molecule has 2 aliphatic heterocycles. The van der Waals surface area contributed by atoms with E-state index in [1.165, 1.54) is 51.6 Å². The number of nitrogens with one attached hydrogen (secondary N) is 1. The van der Waals surface area contributed by atoms with Gasteiger partial charge >= 0.3 is 0 Å². The summed E-state index contributed by atoms with van der Waals surface area (Å²) in [5.74, 6) is 0.781. The van der Waals surface area contributed by atoms with Crippen molar-refractivity contribution in [1.82, 2.24) is 10.2 Å². The van der Waals surface area contributed by atoms with Crippen LogP contribution in [0.15, 0.2) is 0 Å². The van der Waals surface area contributed by atoms with Crippen LogP contribution in [0.4, 0.5) is 0 Å². The van der Waals surface area contributed by atoms with Gasteiger partial charge < -0.3 is 15.0 Å². The molecule has 104 valence electrons. The lowest BCUT2D eigenvalue weighted by Crippen LogP contribution is -2.56. The van der Waals surface area contributed by atoms with E-state index in [1.807, 2.05) is 0 Å². The molecule has 0 bridgehead atoms. The quantitative estimate of drug-likeness (QED) is 0.814. The second-order valence-corrected chi connectivity index (χ2v) is 6.88. The third-order valence-electron chi connectivity index (χ3n) is 5.32. The van der Waals surface area contributed by atoms with Crippen LogP contribution in [0.5, 0.6) is 0 Å². The van der Waals surface area contributed by atoms with Gasteiger partial charge in [-0.05, 0) is 58.0 Å². The number of piperidine rings is 1. The molecule has 2 saturated heterocycles. The van der Waals surface area contributed by atoms with E-state index < -0.39 is 0 Å². The molecule has 3 heteroatoms. The molecule has 3 aliphatic rings. The molecule has 0 aromatic heterocycles. The van der Waals surface area contributed by atoms with E-state index in [1.54, 1.807) is 0 Å². The molecule has 0 aromatic carbocycles. The molecule has 18 heavy (non-hydrogen) atoms. The highest BCUT2D eigenvalue weighted by Crippen LogP contribution is 2.42. The maximum atomic E-state index is 6.02. The molecule has 1 saturated carbocycles. The fourth-order valence-corrected chi connectivity index (χ4v) is 3.99. The predicted octanol–water partition coefficient (Wildman–Crippen LogP) is 2.02. The summed E-state index contributed by atoms with van der Waals surface area (Å²) in [4.78, 5) is 2.46. The summed E-state index contributed by atoms with van der Waals surface area (Å²) in [5.41, 5.74) is 0.282. The number of hydrogen-bond donors (Lipinski definition) is 1. The zero-order chi connectivity index (χ0) is 12.6. The summed E-state index contributed by atoms with van der Waals surface area (Å²) in [6, 6.07) is 1.43. The number of ether oxygens (including phenoxy) is 1. The smallest absolute Gasteiger partial charge is 0.0697 e. The lowest BCUT2D eigenvalue weighted by molar-refractivity contribution is -0.137. The van der Waals surface area contributed by atoms with Gasteiger partial charge in [0.2, 0.25) is 0 Å². The van der Waals surface area contributed by atoms with Gasteiger partial charge in [0, 0.05) is 25.2 Å². The van der Waals surface area contributed by atoms with Gasteiger partial charge in [-0.25, -0.2) is 0 Å². The van der Waals surface area contributed by atoms with Gasteiger partial charge in [-0.3, -0.25) is 0 Å². The van der Waals surface area contributed by atoms with Crippen molar-refractivity contribution in [3.05, 3.63) is 0 Å². The standard InChI is InChI=1S/C15H28N2O/c1-12-11-17(2)8-4-14(12)16-13-5-9-18-15(10-13)6-3-7-15/h12-14,16H,3-11H2,1-2H3. The third-order valence-corrected chi connectivity index (χ3v) is 5.32. The number of hydrogen-bond acceptors (Lipinski definition) is 3. The molecule has 3 rings (SSSR count). The minimum Gasteiger partial charge on any atom is -0.375 e. The molecule has 1 N–H and O–H groups in total. The van der Waals surface area contributed by atoms with Crippen LogP contribution in [0.2, 0.25) is 0 Å². The SMILES string of the molecule is CC1CN(C)CCC1NC1CCOC2(CCC2)C1. The summed E-state index contributed by atoms with van der Waals surface area (Å²) in [6.45, 7) is 5.85. The fourth-order valence-electron chi connectivity index (χ4n) is 3.99. The topological polar surface area (TPSA) is 24.5 Å². The summed E-state index contributed by atoms with van der Waals surface area (Å²) in [7, 11) is 2.24. The average Bonchev–Trinajstić information content (AvgIpc) is 2.31. The van der Waals surface area contributed by atoms with E-state index in [4.69, 9.17) is 4.74 Å². The average molecular weight is 252 g/mol. The molecular weight excluding hydrogens is 224 g/mol. The van der Waals surface area contributed by atoms with Crippen molar-refractivity contribution in [3.63, 3.8) is 0 Å². The van der Waals surface area contributed by atoms with E-state index in [-0.39, 0.29) is 5.60 Å². The van der Waals surface area contributed by atoms with Gasteiger partial charge in [-0.15, -0.1) is 0 Å². The van der Waals surface area contributed by atoms with E-state index in [0.29, 0.717) is 6.04 Å². The molecule has 2 heterocycles. The summed E-state index contributed by atoms with van der Waals surface area (Å²) in [6.07, 6.45) is 7.74. The van der Waals surface area contributed by atoms with E-state index in [9.17, 15) is 0 Å². The lowest BCUT2D eigenvalue weighted by atomic mass is 9.73. The predicted molar refractivity (Wildman–Crippen MR) is 73.8 cm³/mol. The Bertz CT molecular complexity index is 290. The molecule has 3 unspecified atom stereocenters. The van der Waals surface area contributed by atoms with Crippen LogP contribution in [0.25, 0.3) is 0 Å². The Morgan fingerprint density at radius 1 is 1.28 bits per heavy atom. The number of likely N-dealkylation sites (tertiary alicyclic amines) is 1. The Kier molecular flexibility index (Phi) is 3.65. The van der Waals surface area contributed by atoms with Crippen molar-refractivity contribution >= 4 is 0 Å². The molecule has 0 amide bonds. The molecule has 3 nitrogen and oxygen atoms in total. The Morgan fingerprint density at radius 3 is 2.78 bits per heavy atom. The zero-order valence-electron chi connectivity index (χ0n) is 12.0. The second-order valence-electron chi connectivity index (χ2n) is 6.88. The Morgan fingerprint density at radius 2 is 2.11 bits per heavy atom. The van der Waals surface area contributed by atoms with Crippen LogP contribution < -0.4 is 5.32 Å². The monoisotopic (exact) mass is 252 g/mol. The Balaban J connectivity index is 1.52. The largest absolute Gasteiger partial charge is 0.375 e. The molecule has 3 fully saturated rings. The van der Waals surface area contributed by atoms with E-state index in [2.05, 4.69) is 24.2 Å². The fraction of sp³-hybridized carbons (Fsp3) is 1.00. The molecule has 3 atom stereocenters. The lowest BCUT2D eigenvalue weighted by Gasteiger charge is -2.48. The third kappa shape index (κ3) is 2.59. The van der Waals surface area contributed by atoms with Gasteiger partial charge in [-0.1, -0.05) is 6.92 Å². The number of nitrogens with zero attached hydrogens (tertiary/aromatic N) is 1. The minimum atomic E-state index is 0.282. The highest BCUT2D eigenvalue weighted by Gasteiger charge is 2.43. The first-order valence-electron chi connectivity index (χ1n) is 7.75. The first-order chi connectivity index (χ1) is 8.67. The normalized spacial score (nSPS) is 40.7. The maximum absolute atomic E-state index is 6.02. The molecule has 0 aromatic rings. The Labute approximate surface area is 111 Å². The summed E-state index contributed by atoms with van der Waals surface area (Å²) in [5, 5.41) is 3.94. The van der Waals surface area contributed by atoms with Crippen LogP contribution in [0, 0.1) is 5.92 Å². The van der Waals surface area contributed by atoms with Crippen molar-refractivity contribution in [2.24, 2.45) is 5.92 Å². The molecule has 1 spiro atoms. The maximum Gasteiger partial charge on any atom is 0.0697 e. The Hall–Kier alpha value is -0.120. The van der Waals surface area contributed by atoms with Crippen LogP contribution in [-0.2, 0) is 4.74 Å². The number of rotatable bonds is 2. The van der Waals surface area contributed by atoms with Crippen molar-refractivity contribution in [1.29, 1.82) is 0 Å². The van der Waals surface area contributed by atoms with Crippen LogP contribution in [0.3, 0.4) is 0 Å². The first kappa shape index (κ1) is 12.9. The van der Waals surface area contributed by atoms with Crippen LogP contribution in [0.1, 0.15) is 45.4 Å². The highest BCUT2D eigenvalue weighted by molar-refractivity contribution is 4.97. The van der Waals surface area contributed by atoms with Crippen LogP contribution in [-0.4, -0.2) is 49.3 Å². The zero-order valence-corrected chi connectivity index (χ0v) is 12.0. The van der Waals surface area contributed by atoms with Gasteiger partial charge in [0.1, 0.15) is 0 Å². The highest BCUT2D eigenvalue weighted by atomic mass is 16.5. The molecular formula is C15H28N2O. The summed E-state index contributed by atoms with van der Waals surface area (Å²) < 4.78 is 6.02. The van der Waals surface area contributed by atoms with Crippen molar-refractivity contribution < 1.29 is 4.74 Å². The van der Waals surface area contributed by atoms with Gasteiger partial charge in [0.15, 0.2) is 0 Å². The van der Waals surface area contributed by atoms with Crippen molar-refractivity contribution in [2.75, 3.05) is 26.7 Å². The van der Waals surface area contributed by atoms with Gasteiger partial charge in [0.05, 0.1) is 5.60 Å². The van der Waals surface area contributed by atoms with Gasteiger partial charge in [-0.2, -0.15) is 0 Å². The minimum absolute atomic E-state index is 0.282. The van der Waals surface area contributed by atoms with Crippen molar-refractivity contribution in [2.45, 2.75) is 63.1 Å². The van der Waals surface area contributed by atoms with E-state index >= 15 is 0 Å². The van der Waals surface area contributed by atoms with Crippen molar-refractivity contribution in [3.8, 4) is 0 Å². The molecule has 0 radical (unpaired) electrons.